The fourth-order valence-corrected chi connectivity index (χ4v) is 2.77. The van der Waals surface area contributed by atoms with Crippen molar-refractivity contribution in [1.29, 1.82) is 0 Å². The normalized spacial score (nSPS) is 13.2. The van der Waals surface area contributed by atoms with Crippen LogP contribution in [-0.4, -0.2) is 43.7 Å². The first kappa shape index (κ1) is 16.8. The molecule has 7 nitrogen and oxygen atoms in total. The number of nitrogens with zero attached hydrogens (tertiary/aromatic N) is 3. The summed E-state index contributed by atoms with van der Waals surface area (Å²) in [5.41, 5.74) is 1.91. The maximum absolute atomic E-state index is 12.4. The minimum Gasteiger partial charge on any atom is -0.468 e. The van der Waals surface area contributed by atoms with E-state index in [1.165, 1.54) is 12.7 Å². The average molecular weight is 340 g/mol. The Morgan fingerprint density at radius 2 is 1.96 bits per heavy atom. The van der Waals surface area contributed by atoms with Crippen LogP contribution in [0.25, 0.3) is 0 Å². The number of aromatic nitrogens is 1. The van der Waals surface area contributed by atoms with Crippen molar-refractivity contribution in [3.63, 3.8) is 0 Å². The third-order valence-corrected chi connectivity index (χ3v) is 4.02. The fourth-order valence-electron chi connectivity index (χ4n) is 2.77. The van der Waals surface area contributed by atoms with Crippen molar-refractivity contribution >= 4 is 23.5 Å². The second-order valence-electron chi connectivity index (χ2n) is 5.64. The fraction of sp³-hybridized carbons (Fsp3) is 0.278. The molecule has 1 N–H and O–H groups in total. The molecule has 1 aromatic carbocycles. The van der Waals surface area contributed by atoms with Gasteiger partial charge in [-0.2, -0.15) is 0 Å². The molecule has 0 unspecified atom stereocenters. The third-order valence-electron chi connectivity index (χ3n) is 4.02. The summed E-state index contributed by atoms with van der Waals surface area (Å²) < 4.78 is 4.55. The topological polar surface area (TPSA) is 74.8 Å². The molecule has 0 saturated heterocycles. The Hall–Kier alpha value is -3.09. The standard InChI is InChI=1S/C18H20N4O3/c1-25-16(23)12-20-18(24)22-11-10-21(13-14-6-3-2-4-7-14)17-15(22)8-5-9-19-17/h2-9H,10-13H2,1H3,(H,20,24). The maximum atomic E-state index is 12.4. The van der Waals surface area contributed by atoms with E-state index in [4.69, 9.17) is 0 Å². The molecule has 2 heterocycles. The molecule has 0 aliphatic carbocycles. The molecular weight excluding hydrogens is 320 g/mol. The van der Waals surface area contributed by atoms with Gasteiger partial charge in [0.2, 0.25) is 0 Å². The molecule has 130 valence electrons. The van der Waals surface area contributed by atoms with Crippen molar-refractivity contribution in [2.75, 3.05) is 36.5 Å². The number of carbonyl (C=O) groups is 2. The molecule has 0 saturated carbocycles. The van der Waals surface area contributed by atoms with Gasteiger partial charge >= 0.3 is 12.0 Å². The molecule has 1 aliphatic heterocycles. The highest BCUT2D eigenvalue weighted by molar-refractivity contribution is 5.97. The van der Waals surface area contributed by atoms with E-state index in [0.717, 1.165) is 18.1 Å². The summed E-state index contributed by atoms with van der Waals surface area (Å²) >= 11 is 0. The highest BCUT2D eigenvalue weighted by Crippen LogP contribution is 2.31. The Labute approximate surface area is 146 Å². The van der Waals surface area contributed by atoms with Gasteiger partial charge in [0.1, 0.15) is 6.54 Å². The summed E-state index contributed by atoms with van der Waals surface area (Å²) in [5.74, 6) is 0.272. The van der Waals surface area contributed by atoms with E-state index in [-0.39, 0.29) is 12.6 Å². The highest BCUT2D eigenvalue weighted by atomic mass is 16.5. The molecule has 1 aromatic heterocycles. The Bertz CT molecular complexity index is 751. The molecule has 0 fully saturated rings. The molecule has 2 aromatic rings. The molecule has 25 heavy (non-hydrogen) atoms. The van der Waals surface area contributed by atoms with Gasteiger partial charge in [0.05, 0.1) is 12.8 Å². The predicted molar refractivity (Wildman–Crippen MR) is 94.5 cm³/mol. The molecular formula is C18H20N4O3. The van der Waals surface area contributed by atoms with E-state index in [1.807, 2.05) is 24.3 Å². The van der Waals surface area contributed by atoms with E-state index in [0.29, 0.717) is 13.1 Å². The first-order valence-corrected chi connectivity index (χ1v) is 8.05. The van der Waals surface area contributed by atoms with Crippen LogP contribution in [0.5, 0.6) is 0 Å². The van der Waals surface area contributed by atoms with Gasteiger partial charge in [-0.25, -0.2) is 9.78 Å². The zero-order valence-corrected chi connectivity index (χ0v) is 14.0. The van der Waals surface area contributed by atoms with Crippen LogP contribution in [-0.2, 0) is 16.1 Å². The van der Waals surface area contributed by atoms with Crippen LogP contribution < -0.4 is 15.1 Å². The second kappa shape index (κ2) is 7.65. The van der Waals surface area contributed by atoms with Crippen LogP contribution in [0, 0.1) is 0 Å². The SMILES string of the molecule is COC(=O)CNC(=O)N1CCN(Cc2ccccc2)c2ncccc21. The Kier molecular flexibility index (Phi) is 5.13. The Morgan fingerprint density at radius 3 is 2.72 bits per heavy atom. The van der Waals surface area contributed by atoms with Gasteiger partial charge in [-0.3, -0.25) is 9.69 Å². The van der Waals surface area contributed by atoms with Crippen LogP contribution in [0.1, 0.15) is 5.56 Å². The Morgan fingerprint density at radius 1 is 1.16 bits per heavy atom. The average Bonchev–Trinajstić information content (AvgIpc) is 2.67. The molecule has 2 amide bonds. The number of ether oxygens (including phenoxy) is 1. The molecule has 3 rings (SSSR count). The van der Waals surface area contributed by atoms with E-state index in [9.17, 15) is 9.59 Å². The van der Waals surface area contributed by atoms with Crippen LogP contribution >= 0.6 is 0 Å². The molecule has 7 heteroatoms. The van der Waals surface area contributed by atoms with Crippen molar-refractivity contribution in [2.45, 2.75) is 6.54 Å². The van der Waals surface area contributed by atoms with Gasteiger partial charge in [-0.05, 0) is 17.7 Å². The second-order valence-corrected chi connectivity index (χ2v) is 5.64. The van der Waals surface area contributed by atoms with Crippen molar-refractivity contribution in [1.82, 2.24) is 10.3 Å². The molecule has 0 radical (unpaired) electrons. The summed E-state index contributed by atoms with van der Waals surface area (Å²) in [4.78, 5) is 31.8. The van der Waals surface area contributed by atoms with Crippen LogP contribution in [0.4, 0.5) is 16.3 Å². The number of fused-ring (bicyclic) bond motifs is 1. The lowest BCUT2D eigenvalue weighted by molar-refractivity contribution is -0.139. The first-order valence-electron chi connectivity index (χ1n) is 8.05. The quantitative estimate of drug-likeness (QED) is 0.859. The number of urea groups is 1. The predicted octanol–water partition coefficient (Wildman–Crippen LogP) is 1.79. The van der Waals surface area contributed by atoms with Gasteiger partial charge in [0, 0.05) is 25.8 Å². The minimum absolute atomic E-state index is 0.158. The number of benzene rings is 1. The third kappa shape index (κ3) is 3.88. The number of esters is 1. The zero-order valence-electron chi connectivity index (χ0n) is 14.0. The highest BCUT2D eigenvalue weighted by Gasteiger charge is 2.27. The van der Waals surface area contributed by atoms with Gasteiger partial charge in [0.25, 0.3) is 0 Å². The summed E-state index contributed by atoms with van der Waals surface area (Å²) in [6.07, 6.45) is 1.71. The first-order chi connectivity index (χ1) is 12.2. The van der Waals surface area contributed by atoms with E-state index < -0.39 is 5.97 Å². The van der Waals surface area contributed by atoms with Crippen molar-refractivity contribution < 1.29 is 14.3 Å². The number of nitrogens with one attached hydrogen (secondary N) is 1. The van der Waals surface area contributed by atoms with E-state index in [2.05, 4.69) is 32.1 Å². The maximum Gasteiger partial charge on any atom is 0.325 e. The number of hydrogen-bond acceptors (Lipinski definition) is 5. The largest absolute Gasteiger partial charge is 0.468 e. The lowest BCUT2D eigenvalue weighted by atomic mass is 10.2. The molecule has 0 atom stereocenters. The van der Waals surface area contributed by atoms with Crippen molar-refractivity contribution in [2.24, 2.45) is 0 Å². The number of rotatable bonds is 4. The molecule has 0 bridgehead atoms. The van der Waals surface area contributed by atoms with Gasteiger partial charge in [-0.1, -0.05) is 30.3 Å². The van der Waals surface area contributed by atoms with Gasteiger partial charge < -0.3 is 15.0 Å². The van der Waals surface area contributed by atoms with E-state index in [1.54, 1.807) is 17.2 Å². The number of amides is 2. The minimum atomic E-state index is -0.484. The van der Waals surface area contributed by atoms with Gasteiger partial charge in [-0.15, -0.1) is 0 Å². The number of carbonyl (C=O) groups excluding carboxylic acids is 2. The monoisotopic (exact) mass is 340 g/mol. The Balaban J connectivity index is 1.76. The summed E-state index contributed by atoms with van der Waals surface area (Å²) in [6, 6.07) is 13.5. The summed E-state index contributed by atoms with van der Waals surface area (Å²) in [5, 5.41) is 2.57. The number of methoxy groups -OCH3 is 1. The van der Waals surface area contributed by atoms with Crippen molar-refractivity contribution in [3.05, 3.63) is 54.2 Å². The number of pyridine rings is 1. The lowest BCUT2D eigenvalue weighted by Crippen LogP contribution is -2.49. The van der Waals surface area contributed by atoms with Crippen LogP contribution in [0.15, 0.2) is 48.7 Å². The number of anilines is 2. The van der Waals surface area contributed by atoms with Gasteiger partial charge in [0.15, 0.2) is 5.82 Å². The lowest BCUT2D eigenvalue weighted by Gasteiger charge is -2.36. The van der Waals surface area contributed by atoms with Crippen LogP contribution in [0.2, 0.25) is 0 Å². The smallest absolute Gasteiger partial charge is 0.325 e. The van der Waals surface area contributed by atoms with Crippen molar-refractivity contribution in [3.8, 4) is 0 Å². The summed E-state index contributed by atoms with van der Waals surface area (Å²) in [7, 11) is 1.29. The molecule has 0 spiro atoms. The number of hydrogen-bond donors (Lipinski definition) is 1. The zero-order chi connectivity index (χ0) is 17.6. The van der Waals surface area contributed by atoms with Crippen LogP contribution in [0.3, 0.4) is 0 Å². The molecule has 1 aliphatic rings. The summed E-state index contributed by atoms with van der Waals surface area (Å²) in [6.45, 7) is 1.74. The van der Waals surface area contributed by atoms with E-state index >= 15 is 0 Å².